The van der Waals surface area contributed by atoms with Crippen LogP contribution in [0.1, 0.15) is 18.9 Å². The largest absolute Gasteiger partial charge is 0.481 e. The number of hydrogen-bond donors (Lipinski definition) is 3. The fraction of sp³-hybridized carbons (Fsp3) is 0.444. The van der Waals surface area contributed by atoms with Crippen LogP contribution >= 0.6 is 0 Å². The molecule has 0 spiro atoms. The van der Waals surface area contributed by atoms with E-state index in [2.05, 4.69) is 16.4 Å². The molecular weight excluding hydrogens is 306 g/mol. The highest BCUT2D eigenvalue weighted by Gasteiger charge is 2.32. The first kappa shape index (κ1) is 16.5. The van der Waals surface area contributed by atoms with E-state index >= 15 is 0 Å². The minimum atomic E-state index is -0.774. The number of nitrogens with zero attached hydrogens (tertiary/aromatic N) is 1. The van der Waals surface area contributed by atoms with Gasteiger partial charge in [0.1, 0.15) is 0 Å². The van der Waals surface area contributed by atoms with Crippen LogP contribution in [0.5, 0.6) is 0 Å². The molecule has 1 aliphatic heterocycles. The Morgan fingerprint density at radius 3 is 2.96 bits per heavy atom. The fourth-order valence-electron chi connectivity index (χ4n) is 3.31. The molecule has 1 amide bonds. The van der Waals surface area contributed by atoms with E-state index in [-0.39, 0.29) is 17.9 Å². The maximum Gasteiger partial charge on any atom is 0.307 e. The molecule has 3 N–H and O–H groups in total. The molecule has 2 atom stereocenters. The zero-order valence-electron chi connectivity index (χ0n) is 13.8. The highest BCUT2D eigenvalue weighted by Crippen LogP contribution is 2.19. The van der Waals surface area contributed by atoms with Crippen LogP contribution in [0.2, 0.25) is 0 Å². The third-order valence-electron chi connectivity index (χ3n) is 4.86. The van der Waals surface area contributed by atoms with Crippen LogP contribution in [0.3, 0.4) is 0 Å². The lowest BCUT2D eigenvalue weighted by molar-refractivity contribution is -0.141. The maximum atomic E-state index is 12.3. The first-order valence-electron chi connectivity index (χ1n) is 8.36. The number of rotatable bonds is 6. The molecule has 1 aromatic carbocycles. The minimum absolute atomic E-state index is 0.0409. The molecule has 24 heavy (non-hydrogen) atoms. The van der Waals surface area contributed by atoms with Gasteiger partial charge in [-0.2, -0.15) is 0 Å². The Balaban J connectivity index is 1.50. The molecule has 1 aliphatic rings. The third kappa shape index (κ3) is 3.43. The summed E-state index contributed by atoms with van der Waals surface area (Å²) >= 11 is 0. The van der Waals surface area contributed by atoms with Crippen molar-refractivity contribution in [1.82, 2.24) is 15.2 Å². The molecule has 2 unspecified atom stereocenters. The molecule has 1 saturated heterocycles. The van der Waals surface area contributed by atoms with Crippen LogP contribution in [0, 0.1) is 5.92 Å². The van der Waals surface area contributed by atoms with E-state index in [9.17, 15) is 9.59 Å². The van der Waals surface area contributed by atoms with E-state index in [1.807, 2.05) is 36.2 Å². The zero-order valence-corrected chi connectivity index (χ0v) is 13.8. The first-order chi connectivity index (χ1) is 11.6. The average molecular weight is 329 g/mol. The number of benzene rings is 1. The number of fused-ring (bicyclic) bond motifs is 1. The van der Waals surface area contributed by atoms with E-state index < -0.39 is 5.97 Å². The summed E-state index contributed by atoms with van der Waals surface area (Å²) in [4.78, 5) is 28.5. The molecule has 2 heterocycles. The summed E-state index contributed by atoms with van der Waals surface area (Å²) in [6.45, 7) is 3.52. The predicted molar refractivity (Wildman–Crippen MR) is 91.8 cm³/mol. The number of amides is 1. The molecule has 0 aliphatic carbocycles. The number of carbonyl (C=O) groups is 2. The van der Waals surface area contributed by atoms with Gasteiger partial charge in [0.2, 0.25) is 5.91 Å². The number of H-pyrrole nitrogens is 1. The van der Waals surface area contributed by atoms with Gasteiger partial charge < -0.3 is 15.4 Å². The van der Waals surface area contributed by atoms with E-state index in [0.29, 0.717) is 26.1 Å². The van der Waals surface area contributed by atoms with Crippen molar-refractivity contribution < 1.29 is 14.7 Å². The van der Waals surface area contributed by atoms with Gasteiger partial charge in [-0.15, -0.1) is 0 Å². The van der Waals surface area contributed by atoms with Gasteiger partial charge in [-0.05, 0) is 37.9 Å². The number of nitrogens with one attached hydrogen (secondary N) is 2. The topological polar surface area (TPSA) is 85.4 Å². The lowest BCUT2D eigenvalue weighted by Crippen LogP contribution is -2.44. The quantitative estimate of drug-likeness (QED) is 0.752. The van der Waals surface area contributed by atoms with Gasteiger partial charge in [-0.1, -0.05) is 18.2 Å². The Hall–Kier alpha value is -2.34. The smallest absolute Gasteiger partial charge is 0.307 e. The summed E-state index contributed by atoms with van der Waals surface area (Å²) in [5.41, 5.74) is 2.29. The van der Waals surface area contributed by atoms with Gasteiger partial charge in [0.25, 0.3) is 0 Å². The minimum Gasteiger partial charge on any atom is -0.481 e. The Morgan fingerprint density at radius 2 is 2.21 bits per heavy atom. The van der Waals surface area contributed by atoms with Gasteiger partial charge in [0, 0.05) is 30.2 Å². The van der Waals surface area contributed by atoms with Crippen LogP contribution < -0.4 is 5.32 Å². The van der Waals surface area contributed by atoms with Crippen LogP contribution in [-0.4, -0.2) is 52.5 Å². The Morgan fingerprint density at radius 1 is 1.42 bits per heavy atom. The van der Waals surface area contributed by atoms with Crippen molar-refractivity contribution in [2.24, 2.45) is 5.92 Å². The second kappa shape index (κ2) is 7.05. The molecule has 0 saturated carbocycles. The molecule has 0 bridgehead atoms. The average Bonchev–Trinajstić information content (AvgIpc) is 3.21. The molecule has 6 nitrogen and oxygen atoms in total. The second-order valence-corrected chi connectivity index (χ2v) is 6.40. The molecule has 6 heteroatoms. The van der Waals surface area contributed by atoms with Crippen molar-refractivity contribution in [3.63, 3.8) is 0 Å². The molecule has 128 valence electrons. The monoisotopic (exact) mass is 329 g/mol. The number of aromatic amines is 1. The van der Waals surface area contributed by atoms with Crippen LogP contribution in [0.15, 0.2) is 30.5 Å². The summed E-state index contributed by atoms with van der Waals surface area (Å²) in [5, 5.41) is 13.2. The molecule has 2 aromatic rings. The number of carboxylic acid groups (broad SMARTS) is 1. The predicted octanol–water partition coefficient (Wildman–Crippen LogP) is 1.62. The van der Waals surface area contributed by atoms with Crippen molar-refractivity contribution in [2.45, 2.75) is 25.8 Å². The maximum absolute atomic E-state index is 12.3. The van der Waals surface area contributed by atoms with Crippen molar-refractivity contribution in [3.05, 3.63) is 36.0 Å². The van der Waals surface area contributed by atoms with E-state index in [1.54, 1.807) is 0 Å². The highest BCUT2D eigenvalue weighted by molar-refractivity contribution is 5.83. The van der Waals surface area contributed by atoms with E-state index in [4.69, 9.17) is 5.11 Å². The van der Waals surface area contributed by atoms with Crippen molar-refractivity contribution in [3.8, 4) is 0 Å². The van der Waals surface area contributed by atoms with Gasteiger partial charge in [0.05, 0.1) is 12.0 Å². The number of para-hydroxylation sites is 1. The zero-order chi connectivity index (χ0) is 17.1. The summed E-state index contributed by atoms with van der Waals surface area (Å²) in [6, 6.07) is 7.81. The lowest BCUT2D eigenvalue weighted by atomic mass is 10.1. The SMILES string of the molecule is CC(C(=O)NCCc1c[nH]c2ccccc12)N1CCC(C(=O)O)C1. The Labute approximate surface area is 140 Å². The standard InChI is InChI=1S/C18H23N3O3/c1-12(21-9-7-14(11-21)18(23)24)17(22)19-8-6-13-10-20-16-5-3-2-4-15(13)16/h2-5,10,12,14,20H,6-9,11H2,1H3,(H,19,22)(H,23,24). The summed E-state index contributed by atoms with van der Waals surface area (Å²) in [7, 11) is 0. The highest BCUT2D eigenvalue weighted by atomic mass is 16.4. The van der Waals surface area contributed by atoms with Crippen molar-refractivity contribution in [1.29, 1.82) is 0 Å². The van der Waals surface area contributed by atoms with Gasteiger partial charge in [-0.25, -0.2) is 0 Å². The van der Waals surface area contributed by atoms with E-state index in [0.717, 1.165) is 11.9 Å². The number of aromatic nitrogens is 1. The number of carbonyl (C=O) groups excluding carboxylic acids is 1. The summed E-state index contributed by atoms with van der Waals surface area (Å²) < 4.78 is 0. The molecule has 0 radical (unpaired) electrons. The molecular formula is C18H23N3O3. The second-order valence-electron chi connectivity index (χ2n) is 6.40. The van der Waals surface area contributed by atoms with Crippen LogP contribution in [0.25, 0.3) is 10.9 Å². The normalized spacial score (nSPS) is 19.5. The van der Waals surface area contributed by atoms with Gasteiger partial charge in [0.15, 0.2) is 0 Å². The molecule has 1 fully saturated rings. The Bertz CT molecular complexity index is 740. The van der Waals surface area contributed by atoms with Gasteiger partial charge in [-0.3, -0.25) is 14.5 Å². The number of aliphatic carboxylic acids is 1. The fourth-order valence-corrected chi connectivity index (χ4v) is 3.31. The van der Waals surface area contributed by atoms with Crippen molar-refractivity contribution in [2.75, 3.05) is 19.6 Å². The summed E-state index contributed by atoms with van der Waals surface area (Å²) in [6.07, 6.45) is 3.36. The van der Waals surface area contributed by atoms with Crippen LogP contribution in [-0.2, 0) is 16.0 Å². The first-order valence-corrected chi connectivity index (χ1v) is 8.36. The number of likely N-dealkylation sites (tertiary alicyclic amines) is 1. The lowest BCUT2D eigenvalue weighted by Gasteiger charge is -2.23. The Kier molecular flexibility index (Phi) is 4.85. The van der Waals surface area contributed by atoms with Crippen LogP contribution in [0.4, 0.5) is 0 Å². The summed E-state index contributed by atoms with van der Waals surface area (Å²) in [5.74, 6) is -1.17. The third-order valence-corrected chi connectivity index (χ3v) is 4.86. The number of carboxylic acids is 1. The van der Waals surface area contributed by atoms with Gasteiger partial charge >= 0.3 is 5.97 Å². The number of hydrogen-bond acceptors (Lipinski definition) is 3. The van der Waals surface area contributed by atoms with Crippen molar-refractivity contribution >= 4 is 22.8 Å². The molecule has 1 aromatic heterocycles. The molecule has 3 rings (SSSR count). The van der Waals surface area contributed by atoms with E-state index in [1.165, 1.54) is 10.9 Å².